The summed E-state index contributed by atoms with van der Waals surface area (Å²) >= 11 is 0. The predicted molar refractivity (Wildman–Crippen MR) is 78.1 cm³/mol. The van der Waals surface area contributed by atoms with Gasteiger partial charge < -0.3 is 5.73 Å². The fourth-order valence-electron chi connectivity index (χ4n) is 2.31. The van der Waals surface area contributed by atoms with E-state index in [0.29, 0.717) is 18.9 Å². The molecule has 1 heterocycles. The highest BCUT2D eigenvalue weighted by molar-refractivity contribution is 6.07. The van der Waals surface area contributed by atoms with Gasteiger partial charge in [-0.1, -0.05) is 25.1 Å². The summed E-state index contributed by atoms with van der Waals surface area (Å²) in [6, 6.07) is 7.71. The average molecular weight is 256 g/mol. The van der Waals surface area contributed by atoms with Crippen molar-refractivity contribution in [1.29, 1.82) is 0 Å². The minimum absolute atomic E-state index is 0.209. The highest BCUT2D eigenvalue weighted by atomic mass is 16.1. The number of hydrogen-bond acceptors (Lipinski definition) is 3. The Labute approximate surface area is 113 Å². The van der Waals surface area contributed by atoms with Crippen LogP contribution in [0.2, 0.25) is 0 Å². The molecule has 0 aliphatic heterocycles. The lowest BCUT2D eigenvalue weighted by molar-refractivity contribution is 0.0975. The molecular weight excluding hydrogens is 236 g/mol. The summed E-state index contributed by atoms with van der Waals surface area (Å²) in [6.07, 6.45) is 5.99. The molecule has 0 saturated heterocycles. The highest BCUT2D eigenvalue weighted by Crippen LogP contribution is 2.20. The molecule has 0 aliphatic rings. The van der Waals surface area contributed by atoms with Crippen LogP contribution in [0.25, 0.3) is 10.8 Å². The zero-order chi connectivity index (χ0) is 13.7. The smallest absolute Gasteiger partial charge is 0.163 e. The van der Waals surface area contributed by atoms with Crippen LogP contribution in [0.5, 0.6) is 0 Å². The molecule has 19 heavy (non-hydrogen) atoms. The predicted octanol–water partition coefficient (Wildman–Crippen LogP) is 3.18. The summed E-state index contributed by atoms with van der Waals surface area (Å²) in [5.41, 5.74) is 6.33. The zero-order valence-electron chi connectivity index (χ0n) is 11.3. The van der Waals surface area contributed by atoms with Crippen LogP contribution in [0, 0.1) is 5.92 Å². The molecule has 2 rings (SSSR count). The third kappa shape index (κ3) is 3.38. The van der Waals surface area contributed by atoms with Crippen LogP contribution in [-0.2, 0) is 0 Å². The van der Waals surface area contributed by atoms with Crippen LogP contribution in [0.1, 0.15) is 36.5 Å². The summed E-state index contributed by atoms with van der Waals surface area (Å²) in [7, 11) is 0. The summed E-state index contributed by atoms with van der Waals surface area (Å²) in [4.78, 5) is 16.4. The van der Waals surface area contributed by atoms with E-state index in [1.54, 1.807) is 12.4 Å². The zero-order valence-corrected chi connectivity index (χ0v) is 11.3. The topological polar surface area (TPSA) is 56.0 Å². The van der Waals surface area contributed by atoms with Crippen LogP contribution >= 0.6 is 0 Å². The van der Waals surface area contributed by atoms with Crippen LogP contribution in [0.15, 0.2) is 36.7 Å². The summed E-state index contributed by atoms with van der Waals surface area (Å²) in [5, 5.41) is 2.01. The van der Waals surface area contributed by atoms with Crippen LogP contribution in [-0.4, -0.2) is 17.3 Å². The molecule has 0 spiro atoms. The van der Waals surface area contributed by atoms with Gasteiger partial charge in [0.2, 0.25) is 0 Å². The van der Waals surface area contributed by atoms with Crippen LogP contribution < -0.4 is 5.73 Å². The van der Waals surface area contributed by atoms with Gasteiger partial charge in [0.15, 0.2) is 5.78 Å². The monoisotopic (exact) mass is 256 g/mol. The number of benzene rings is 1. The van der Waals surface area contributed by atoms with Crippen molar-refractivity contribution >= 4 is 16.6 Å². The molecular formula is C16H20N2O. The third-order valence-electron chi connectivity index (χ3n) is 3.50. The van der Waals surface area contributed by atoms with Crippen molar-refractivity contribution in [2.24, 2.45) is 11.7 Å². The Bertz CT molecular complexity index is 560. The SMILES string of the molecule is CC(CCN)CCC(=O)c1cccc2cnccc12. The van der Waals surface area contributed by atoms with Crippen molar-refractivity contribution in [1.82, 2.24) is 4.98 Å². The van der Waals surface area contributed by atoms with E-state index in [9.17, 15) is 4.79 Å². The molecule has 3 nitrogen and oxygen atoms in total. The molecule has 0 radical (unpaired) electrons. The van der Waals surface area contributed by atoms with Crippen LogP contribution in [0.4, 0.5) is 0 Å². The number of pyridine rings is 1. The van der Waals surface area contributed by atoms with Crippen molar-refractivity contribution < 1.29 is 4.79 Å². The van der Waals surface area contributed by atoms with Crippen molar-refractivity contribution in [2.75, 3.05) is 6.54 Å². The molecule has 0 saturated carbocycles. The molecule has 1 atom stereocenters. The lowest BCUT2D eigenvalue weighted by atomic mass is 9.95. The van der Waals surface area contributed by atoms with Gasteiger partial charge in [-0.25, -0.2) is 0 Å². The molecule has 1 aromatic carbocycles. The maximum Gasteiger partial charge on any atom is 0.163 e. The van der Waals surface area contributed by atoms with Gasteiger partial charge in [0.05, 0.1) is 0 Å². The van der Waals surface area contributed by atoms with E-state index in [-0.39, 0.29) is 5.78 Å². The molecule has 1 unspecified atom stereocenters. The van der Waals surface area contributed by atoms with Gasteiger partial charge in [0, 0.05) is 29.8 Å². The number of nitrogens with two attached hydrogens (primary N) is 1. The van der Waals surface area contributed by atoms with Gasteiger partial charge in [-0.2, -0.15) is 0 Å². The maximum absolute atomic E-state index is 12.3. The van der Waals surface area contributed by atoms with Gasteiger partial charge >= 0.3 is 0 Å². The quantitative estimate of drug-likeness (QED) is 0.807. The number of Topliss-reactive ketones (excluding diaryl/α,β-unsaturated/α-hetero) is 1. The van der Waals surface area contributed by atoms with E-state index >= 15 is 0 Å². The lowest BCUT2D eigenvalue weighted by Crippen LogP contribution is -2.08. The second kappa shape index (κ2) is 6.43. The maximum atomic E-state index is 12.3. The Morgan fingerprint density at radius 2 is 2.16 bits per heavy atom. The van der Waals surface area contributed by atoms with E-state index < -0.39 is 0 Å². The first-order chi connectivity index (χ1) is 9.22. The fourth-order valence-corrected chi connectivity index (χ4v) is 2.31. The molecule has 2 N–H and O–H groups in total. The molecule has 100 valence electrons. The average Bonchev–Trinajstić information content (AvgIpc) is 2.44. The molecule has 3 heteroatoms. The molecule has 0 amide bonds. The first-order valence-corrected chi connectivity index (χ1v) is 6.78. The van der Waals surface area contributed by atoms with E-state index in [2.05, 4.69) is 11.9 Å². The molecule has 0 aliphatic carbocycles. The number of ketones is 1. The summed E-state index contributed by atoms with van der Waals surface area (Å²) in [6.45, 7) is 2.84. The van der Waals surface area contributed by atoms with Gasteiger partial charge in [-0.15, -0.1) is 0 Å². The van der Waals surface area contributed by atoms with Gasteiger partial charge in [-0.05, 0) is 36.8 Å². The second-order valence-electron chi connectivity index (χ2n) is 5.05. The Morgan fingerprint density at radius 1 is 1.32 bits per heavy atom. The number of nitrogens with zero attached hydrogens (tertiary/aromatic N) is 1. The summed E-state index contributed by atoms with van der Waals surface area (Å²) < 4.78 is 0. The first-order valence-electron chi connectivity index (χ1n) is 6.78. The largest absolute Gasteiger partial charge is 0.330 e. The molecule has 0 bridgehead atoms. The number of fused-ring (bicyclic) bond motifs is 1. The van der Waals surface area contributed by atoms with E-state index in [1.165, 1.54) is 0 Å². The number of carbonyl (C=O) groups excluding carboxylic acids is 1. The second-order valence-corrected chi connectivity index (χ2v) is 5.05. The standard InChI is InChI=1S/C16H20N2O/c1-12(7-9-17)5-6-16(19)15-4-2-3-13-11-18-10-8-14(13)15/h2-4,8,10-12H,5-7,9,17H2,1H3. The van der Waals surface area contributed by atoms with Gasteiger partial charge in [-0.3, -0.25) is 9.78 Å². The normalized spacial score (nSPS) is 12.5. The summed E-state index contributed by atoms with van der Waals surface area (Å²) in [5.74, 6) is 0.714. The van der Waals surface area contributed by atoms with E-state index in [0.717, 1.165) is 29.2 Å². The third-order valence-corrected chi connectivity index (χ3v) is 3.50. The van der Waals surface area contributed by atoms with Gasteiger partial charge in [0.1, 0.15) is 0 Å². The van der Waals surface area contributed by atoms with Crippen molar-refractivity contribution in [3.63, 3.8) is 0 Å². The minimum atomic E-state index is 0.209. The highest BCUT2D eigenvalue weighted by Gasteiger charge is 2.11. The van der Waals surface area contributed by atoms with E-state index in [4.69, 9.17) is 5.73 Å². The Balaban J connectivity index is 2.13. The Morgan fingerprint density at radius 3 is 2.95 bits per heavy atom. The Hall–Kier alpha value is -1.74. The van der Waals surface area contributed by atoms with Crippen LogP contribution in [0.3, 0.4) is 0 Å². The molecule has 0 fully saturated rings. The van der Waals surface area contributed by atoms with Crippen molar-refractivity contribution in [2.45, 2.75) is 26.2 Å². The number of carbonyl (C=O) groups is 1. The van der Waals surface area contributed by atoms with Crippen molar-refractivity contribution in [3.8, 4) is 0 Å². The van der Waals surface area contributed by atoms with E-state index in [1.807, 2.05) is 24.3 Å². The number of rotatable bonds is 6. The van der Waals surface area contributed by atoms with Gasteiger partial charge in [0.25, 0.3) is 0 Å². The van der Waals surface area contributed by atoms with Crippen molar-refractivity contribution in [3.05, 3.63) is 42.2 Å². The minimum Gasteiger partial charge on any atom is -0.330 e. The number of aromatic nitrogens is 1. The molecule has 2 aromatic rings. The molecule has 1 aromatic heterocycles. The lowest BCUT2D eigenvalue weighted by Gasteiger charge is -2.10. The Kier molecular flexibility index (Phi) is 4.63. The fraction of sp³-hybridized carbons (Fsp3) is 0.375. The number of hydrogen-bond donors (Lipinski definition) is 1. The first kappa shape index (κ1) is 13.7.